The third kappa shape index (κ3) is 35.6. The monoisotopic (exact) mass is 425 g/mol. The third-order valence-electron chi connectivity index (χ3n) is 5.96. The Kier molecular flexibility index (Phi) is 34.8. The molecule has 0 aliphatic heterocycles. The number of nitriles is 1. The first kappa shape index (κ1) is 31.0. The van der Waals surface area contributed by atoms with E-state index >= 15 is 0 Å². The number of nitrogens with zero attached hydrogens (tertiary/aromatic N) is 1. The molecule has 0 radical (unpaired) electrons. The van der Waals surface area contributed by atoms with Crippen molar-refractivity contribution < 1.29 is 0 Å². The van der Waals surface area contributed by atoms with Gasteiger partial charge in [-0.15, -0.1) is 0 Å². The van der Waals surface area contributed by atoms with E-state index in [0.717, 1.165) is 0 Å². The molecule has 0 saturated carbocycles. The minimum Gasteiger partial charge on any atom is -0.185 e. The van der Waals surface area contributed by atoms with Gasteiger partial charge in [0.15, 0.2) is 0 Å². The van der Waals surface area contributed by atoms with Gasteiger partial charge >= 0.3 is 0 Å². The predicted octanol–water partition coefficient (Wildman–Crippen LogP) is 10.8. The Hall–Kier alpha value is -0.160. The van der Waals surface area contributed by atoms with Crippen LogP contribution in [-0.4, -0.2) is 0 Å². The zero-order valence-electron chi connectivity index (χ0n) is 20.4. The highest BCUT2D eigenvalue weighted by Crippen LogP contribution is 2.15. The average molecular weight is 426 g/mol. The zero-order valence-corrected chi connectivity index (χ0v) is 21.3. The minimum atomic E-state index is 1.37. The molecule has 1 nitrogen and oxygen atoms in total. The molecule has 0 aromatic carbocycles. The highest BCUT2D eigenvalue weighted by Gasteiger charge is 1.95. The summed E-state index contributed by atoms with van der Waals surface area (Å²) in [5.74, 6) is 0. The molecule has 2 heteroatoms. The second kappa shape index (κ2) is 32.5. The Morgan fingerprint density at radius 3 is 0.586 bits per heavy atom. The van der Waals surface area contributed by atoms with Gasteiger partial charge in [0.2, 0.25) is 0 Å². The van der Waals surface area contributed by atoms with E-state index in [9.17, 15) is 0 Å². The molecule has 0 saturated heterocycles. The smallest absolute Gasteiger partial charge is 0.130 e. The molecule has 29 heavy (non-hydrogen) atoms. The molecule has 0 aliphatic rings. The van der Waals surface area contributed by atoms with Gasteiger partial charge in [-0.2, -0.15) is 5.26 Å². The Morgan fingerprint density at radius 2 is 0.483 bits per heavy atom. The number of thiocyanates is 1. The van der Waals surface area contributed by atoms with Gasteiger partial charge in [0.25, 0.3) is 0 Å². The minimum absolute atomic E-state index is 1.37. The SMILES string of the molecule is CCCCCCCCCCCCCCCCCCCCCCCCCC.N#CS. The Balaban J connectivity index is 0. The maximum atomic E-state index is 7.18. The second-order valence-corrected chi connectivity index (χ2v) is 9.08. The molecular formula is C27H55NS. The third-order valence-corrected chi connectivity index (χ3v) is 5.96. The quantitative estimate of drug-likeness (QED) is 0.0981. The number of rotatable bonds is 23. The number of thiol groups is 1. The van der Waals surface area contributed by atoms with Gasteiger partial charge < -0.3 is 0 Å². The summed E-state index contributed by atoms with van der Waals surface area (Å²) in [5, 5.41) is 8.63. The lowest BCUT2D eigenvalue weighted by molar-refractivity contribution is 0.518. The summed E-state index contributed by atoms with van der Waals surface area (Å²) >= 11 is 3.09. The van der Waals surface area contributed by atoms with Crippen molar-refractivity contribution in [3.8, 4) is 5.40 Å². The molecule has 0 heterocycles. The van der Waals surface area contributed by atoms with Gasteiger partial charge in [0.05, 0.1) is 0 Å². The maximum Gasteiger partial charge on any atom is 0.130 e. The first-order valence-electron chi connectivity index (χ1n) is 13.4. The fourth-order valence-corrected chi connectivity index (χ4v) is 4.04. The molecular weight excluding hydrogens is 370 g/mol. The van der Waals surface area contributed by atoms with Gasteiger partial charge in [-0.3, -0.25) is 0 Å². The van der Waals surface area contributed by atoms with Crippen LogP contribution in [0, 0.1) is 10.7 Å². The summed E-state index contributed by atoms with van der Waals surface area (Å²) < 4.78 is 0. The molecule has 0 rings (SSSR count). The molecule has 0 bridgehead atoms. The van der Waals surface area contributed by atoms with Crippen molar-refractivity contribution in [2.75, 3.05) is 0 Å². The van der Waals surface area contributed by atoms with E-state index in [0.29, 0.717) is 0 Å². The van der Waals surface area contributed by atoms with Crippen LogP contribution >= 0.6 is 12.6 Å². The largest absolute Gasteiger partial charge is 0.185 e. The van der Waals surface area contributed by atoms with Gasteiger partial charge in [-0.05, 0) is 0 Å². The van der Waals surface area contributed by atoms with E-state index < -0.39 is 0 Å². The topological polar surface area (TPSA) is 23.8 Å². The molecule has 0 aromatic rings. The van der Waals surface area contributed by atoms with Crippen LogP contribution in [0.5, 0.6) is 0 Å². The lowest BCUT2D eigenvalue weighted by atomic mass is 10.0. The van der Waals surface area contributed by atoms with E-state index in [2.05, 4.69) is 26.5 Å². The van der Waals surface area contributed by atoms with Gasteiger partial charge in [-0.1, -0.05) is 181 Å². The Morgan fingerprint density at radius 1 is 0.379 bits per heavy atom. The van der Waals surface area contributed by atoms with E-state index in [1.807, 2.05) is 0 Å². The fraction of sp³-hybridized carbons (Fsp3) is 0.963. The first-order chi connectivity index (χ1) is 14.3. The van der Waals surface area contributed by atoms with Crippen molar-refractivity contribution >= 4 is 12.6 Å². The van der Waals surface area contributed by atoms with E-state index in [1.54, 1.807) is 0 Å². The average Bonchev–Trinajstić information content (AvgIpc) is 2.72. The second-order valence-electron chi connectivity index (χ2n) is 8.88. The van der Waals surface area contributed by atoms with E-state index in [-0.39, 0.29) is 0 Å². The lowest BCUT2D eigenvalue weighted by Gasteiger charge is -2.04. The molecule has 0 fully saturated rings. The number of hydrogen-bond acceptors (Lipinski definition) is 2. The van der Waals surface area contributed by atoms with Crippen molar-refractivity contribution in [3.05, 3.63) is 0 Å². The summed E-state index contributed by atoms with van der Waals surface area (Å²) in [5.41, 5.74) is 0. The van der Waals surface area contributed by atoms with Crippen LogP contribution in [0.25, 0.3) is 0 Å². The van der Waals surface area contributed by atoms with Gasteiger partial charge in [0.1, 0.15) is 5.40 Å². The van der Waals surface area contributed by atoms with Crippen molar-refractivity contribution in [1.82, 2.24) is 0 Å². The summed E-state index contributed by atoms with van der Waals surface area (Å²) in [6, 6.07) is 0. The van der Waals surface area contributed by atoms with Crippen LogP contribution in [0.1, 0.15) is 168 Å². The molecule has 0 unspecified atom stereocenters. The summed E-state index contributed by atoms with van der Waals surface area (Å²) in [4.78, 5) is 0. The Bertz CT molecular complexity index is 273. The summed E-state index contributed by atoms with van der Waals surface area (Å²) in [7, 11) is 0. The van der Waals surface area contributed by atoms with Crippen molar-refractivity contribution in [2.45, 2.75) is 168 Å². The number of unbranched alkanes of at least 4 members (excludes halogenated alkanes) is 23. The van der Waals surface area contributed by atoms with E-state index in [1.165, 1.54) is 160 Å². The molecule has 0 atom stereocenters. The van der Waals surface area contributed by atoms with Crippen LogP contribution < -0.4 is 0 Å². The molecule has 0 N–H and O–H groups in total. The summed E-state index contributed by atoms with van der Waals surface area (Å²) in [6.07, 6.45) is 35.4. The normalized spacial score (nSPS) is 10.4. The van der Waals surface area contributed by atoms with Crippen molar-refractivity contribution in [1.29, 1.82) is 5.26 Å². The van der Waals surface area contributed by atoms with Gasteiger partial charge in [-0.25, -0.2) is 0 Å². The standard InChI is InChI=1S/C26H54.CHNS/c1-3-5-7-9-11-13-15-17-19-21-23-25-26-24-22-20-18-16-14-12-10-8-6-4-2;2-1-3/h3-26H2,1-2H3;3H. The van der Waals surface area contributed by atoms with Crippen LogP contribution in [-0.2, 0) is 0 Å². The van der Waals surface area contributed by atoms with Crippen LogP contribution in [0.3, 0.4) is 0 Å². The Labute approximate surface area is 191 Å². The van der Waals surface area contributed by atoms with Crippen LogP contribution in [0.2, 0.25) is 0 Å². The molecule has 0 aliphatic carbocycles. The first-order valence-corrected chi connectivity index (χ1v) is 13.8. The zero-order chi connectivity index (χ0) is 21.7. The number of hydrogen-bond donors (Lipinski definition) is 1. The maximum absolute atomic E-state index is 7.18. The van der Waals surface area contributed by atoms with Gasteiger partial charge in [0, 0.05) is 0 Å². The molecule has 174 valence electrons. The molecule has 0 amide bonds. The molecule has 0 spiro atoms. The summed E-state index contributed by atoms with van der Waals surface area (Å²) in [6.45, 7) is 4.61. The van der Waals surface area contributed by atoms with Crippen LogP contribution in [0.15, 0.2) is 0 Å². The molecule has 0 aromatic heterocycles. The van der Waals surface area contributed by atoms with Crippen molar-refractivity contribution in [2.24, 2.45) is 0 Å². The fourth-order valence-electron chi connectivity index (χ4n) is 4.04. The van der Waals surface area contributed by atoms with Crippen LogP contribution in [0.4, 0.5) is 0 Å². The lowest BCUT2D eigenvalue weighted by Crippen LogP contribution is -1.84. The predicted molar refractivity (Wildman–Crippen MR) is 137 cm³/mol. The van der Waals surface area contributed by atoms with E-state index in [4.69, 9.17) is 5.26 Å². The highest BCUT2D eigenvalue weighted by molar-refractivity contribution is 7.85. The van der Waals surface area contributed by atoms with Crippen molar-refractivity contribution in [3.63, 3.8) is 0 Å². The highest BCUT2D eigenvalue weighted by atomic mass is 32.1.